The van der Waals surface area contributed by atoms with E-state index >= 15 is 0 Å². The van der Waals surface area contributed by atoms with Crippen LogP contribution in [0.3, 0.4) is 0 Å². The Morgan fingerprint density at radius 2 is 2.00 bits per heavy atom. The number of nitrogens with zero attached hydrogens (tertiary/aromatic N) is 1. The molecule has 1 saturated heterocycles. The smallest absolute Gasteiger partial charge is 0.00387 e. The van der Waals surface area contributed by atoms with Crippen LogP contribution in [0.25, 0.3) is 0 Å². The predicted molar refractivity (Wildman–Crippen MR) is 71.8 cm³/mol. The molecule has 0 aromatic rings. The van der Waals surface area contributed by atoms with Crippen LogP contribution in [0.1, 0.15) is 47.5 Å². The highest BCUT2D eigenvalue weighted by molar-refractivity contribution is 4.77. The van der Waals surface area contributed by atoms with Gasteiger partial charge in [0.25, 0.3) is 0 Å². The number of nitrogens with one attached hydrogen (secondary N) is 1. The van der Waals surface area contributed by atoms with Crippen LogP contribution in [-0.2, 0) is 0 Å². The van der Waals surface area contributed by atoms with E-state index in [1.165, 1.54) is 32.5 Å². The minimum absolute atomic E-state index is 0.409. The second-order valence-electron chi connectivity index (χ2n) is 6.79. The zero-order chi connectivity index (χ0) is 12.2. The molecule has 0 aromatic carbocycles. The first-order chi connectivity index (χ1) is 7.38. The fraction of sp³-hybridized carbons (Fsp3) is 1.00. The molecular weight excluding hydrogens is 196 g/mol. The van der Waals surface area contributed by atoms with E-state index in [-0.39, 0.29) is 0 Å². The van der Waals surface area contributed by atoms with Gasteiger partial charge in [0, 0.05) is 12.6 Å². The molecule has 0 aromatic heterocycles. The maximum Gasteiger partial charge on any atom is 0.00387 e. The Bertz CT molecular complexity index is 193. The van der Waals surface area contributed by atoms with E-state index < -0.39 is 0 Å². The lowest BCUT2D eigenvalue weighted by Gasteiger charge is -2.36. The second kappa shape index (κ2) is 6.02. The molecule has 0 saturated carbocycles. The Morgan fingerprint density at radius 3 is 2.56 bits per heavy atom. The van der Waals surface area contributed by atoms with Crippen molar-refractivity contribution >= 4 is 0 Å². The van der Waals surface area contributed by atoms with Gasteiger partial charge in [-0.05, 0) is 57.7 Å². The molecule has 2 nitrogen and oxygen atoms in total. The maximum absolute atomic E-state index is 3.63. The molecule has 0 aliphatic carbocycles. The van der Waals surface area contributed by atoms with Gasteiger partial charge in [-0.25, -0.2) is 0 Å². The second-order valence-corrected chi connectivity index (χ2v) is 6.79. The molecule has 2 heteroatoms. The third kappa shape index (κ3) is 5.31. The van der Waals surface area contributed by atoms with Crippen molar-refractivity contribution in [1.82, 2.24) is 10.2 Å². The number of hydrogen-bond donors (Lipinski definition) is 1. The first-order valence-electron chi connectivity index (χ1n) is 6.83. The van der Waals surface area contributed by atoms with Crippen LogP contribution in [0.4, 0.5) is 0 Å². The average Bonchev–Trinajstić information content (AvgIpc) is 2.16. The Kier molecular flexibility index (Phi) is 5.26. The van der Waals surface area contributed by atoms with Crippen molar-refractivity contribution in [2.75, 3.05) is 26.2 Å². The first-order valence-corrected chi connectivity index (χ1v) is 6.83. The summed E-state index contributed by atoms with van der Waals surface area (Å²) in [5, 5.41) is 3.63. The lowest BCUT2D eigenvalue weighted by atomic mass is 9.94. The van der Waals surface area contributed by atoms with Crippen molar-refractivity contribution in [3.63, 3.8) is 0 Å². The standard InChI is InChI=1S/C14H30N2/c1-12(2)16-8-6-7-13(10-16)9-15-11-14(3,4)5/h12-13,15H,6-11H2,1-5H3. The molecule has 0 radical (unpaired) electrons. The monoisotopic (exact) mass is 226 g/mol. The summed E-state index contributed by atoms with van der Waals surface area (Å²) in [6, 6.07) is 0.713. The van der Waals surface area contributed by atoms with Crippen LogP contribution < -0.4 is 5.32 Å². The Hall–Kier alpha value is -0.0800. The average molecular weight is 226 g/mol. The summed E-state index contributed by atoms with van der Waals surface area (Å²) in [7, 11) is 0. The molecule has 1 unspecified atom stereocenters. The van der Waals surface area contributed by atoms with Gasteiger partial charge in [-0.2, -0.15) is 0 Å². The van der Waals surface area contributed by atoms with Crippen LogP contribution in [0.2, 0.25) is 0 Å². The van der Waals surface area contributed by atoms with E-state index in [9.17, 15) is 0 Å². The molecular formula is C14H30N2. The molecule has 96 valence electrons. The first kappa shape index (κ1) is 14.0. The zero-order valence-electron chi connectivity index (χ0n) is 11.8. The molecule has 1 N–H and O–H groups in total. The number of rotatable bonds is 4. The van der Waals surface area contributed by atoms with Crippen LogP contribution in [-0.4, -0.2) is 37.1 Å². The highest BCUT2D eigenvalue weighted by atomic mass is 15.2. The van der Waals surface area contributed by atoms with E-state index in [2.05, 4.69) is 44.8 Å². The van der Waals surface area contributed by atoms with Crippen molar-refractivity contribution in [2.24, 2.45) is 11.3 Å². The van der Waals surface area contributed by atoms with Gasteiger partial charge in [0.1, 0.15) is 0 Å². The molecule has 16 heavy (non-hydrogen) atoms. The van der Waals surface area contributed by atoms with E-state index in [4.69, 9.17) is 0 Å². The zero-order valence-corrected chi connectivity index (χ0v) is 11.8. The molecule has 1 aliphatic rings. The molecule has 0 amide bonds. The van der Waals surface area contributed by atoms with Gasteiger partial charge >= 0.3 is 0 Å². The number of piperidine rings is 1. The largest absolute Gasteiger partial charge is 0.316 e. The lowest BCUT2D eigenvalue weighted by Crippen LogP contribution is -2.43. The summed E-state index contributed by atoms with van der Waals surface area (Å²) in [5.41, 5.74) is 0.409. The molecule has 1 heterocycles. The molecule has 1 fully saturated rings. The fourth-order valence-corrected chi connectivity index (χ4v) is 2.38. The van der Waals surface area contributed by atoms with Crippen LogP contribution in [0.15, 0.2) is 0 Å². The molecule has 1 rings (SSSR count). The van der Waals surface area contributed by atoms with Crippen molar-refractivity contribution in [3.8, 4) is 0 Å². The van der Waals surface area contributed by atoms with Crippen molar-refractivity contribution < 1.29 is 0 Å². The predicted octanol–water partition coefficient (Wildman–Crippen LogP) is 2.74. The van der Waals surface area contributed by atoms with Gasteiger partial charge in [0.05, 0.1) is 0 Å². The summed E-state index contributed by atoms with van der Waals surface area (Å²) in [4.78, 5) is 2.62. The quantitative estimate of drug-likeness (QED) is 0.793. The van der Waals surface area contributed by atoms with Crippen LogP contribution in [0, 0.1) is 11.3 Å². The fourth-order valence-electron chi connectivity index (χ4n) is 2.38. The Balaban J connectivity index is 2.22. The summed E-state index contributed by atoms with van der Waals surface area (Å²) >= 11 is 0. The van der Waals surface area contributed by atoms with E-state index in [0.29, 0.717) is 11.5 Å². The molecule has 0 bridgehead atoms. The molecule has 0 spiro atoms. The Labute approximate surface area is 102 Å². The van der Waals surface area contributed by atoms with Gasteiger partial charge in [0.2, 0.25) is 0 Å². The van der Waals surface area contributed by atoms with E-state index in [0.717, 1.165) is 12.5 Å². The SMILES string of the molecule is CC(C)N1CCCC(CNCC(C)(C)C)C1. The summed E-state index contributed by atoms with van der Waals surface area (Å²) in [5.74, 6) is 0.860. The van der Waals surface area contributed by atoms with Crippen LogP contribution in [0.5, 0.6) is 0 Å². The minimum atomic E-state index is 0.409. The highest BCUT2D eigenvalue weighted by Crippen LogP contribution is 2.18. The number of likely N-dealkylation sites (tertiary alicyclic amines) is 1. The minimum Gasteiger partial charge on any atom is -0.316 e. The van der Waals surface area contributed by atoms with Gasteiger partial charge in [-0.1, -0.05) is 20.8 Å². The van der Waals surface area contributed by atoms with Gasteiger partial charge in [-0.15, -0.1) is 0 Å². The summed E-state index contributed by atoms with van der Waals surface area (Å²) < 4.78 is 0. The van der Waals surface area contributed by atoms with Gasteiger partial charge in [-0.3, -0.25) is 0 Å². The lowest BCUT2D eigenvalue weighted by molar-refractivity contribution is 0.137. The van der Waals surface area contributed by atoms with Gasteiger partial charge < -0.3 is 10.2 Å². The normalized spacial score (nSPS) is 24.0. The molecule has 1 atom stereocenters. The van der Waals surface area contributed by atoms with E-state index in [1.807, 2.05) is 0 Å². The van der Waals surface area contributed by atoms with Crippen molar-refractivity contribution in [1.29, 1.82) is 0 Å². The summed E-state index contributed by atoms with van der Waals surface area (Å²) in [6.45, 7) is 16.4. The van der Waals surface area contributed by atoms with Crippen molar-refractivity contribution in [3.05, 3.63) is 0 Å². The molecule has 1 aliphatic heterocycles. The number of hydrogen-bond acceptors (Lipinski definition) is 2. The highest BCUT2D eigenvalue weighted by Gasteiger charge is 2.21. The summed E-state index contributed by atoms with van der Waals surface area (Å²) in [6.07, 6.45) is 2.78. The maximum atomic E-state index is 3.63. The van der Waals surface area contributed by atoms with Gasteiger partial charge in [0.15, 0.2) is 0 Å². The van der Waals surface area contributed by atoms with Crippen LogP contribution >= 0.6 is 0 Å². The Morgan fingerprint density at radius 1 is 1.31 bits per heavy atom. The topological polar surface area (TPSA) is 15.3 Å². The third-order valence-corrected chi connectivity index (χ3v) is 3.37. The third-order valence-electron chi connectivity index (χ3n) is 3.37. The van der Waals surface area contributed by atoms with E-state index in [1.54, 1.807) is 0 Å². The van der Waals surface area contributed by atoms with Crippen molar-refractivity contribution in [2.45, 2.75) is 53.5 Å².